The number of anilines is 1. The Hall–Kier alpha value is -2.89. The summed E-state index contributed by atoms with van der Waals surface area (Å²) in [7, 11) is -0.704. The maximum absolute atomic E-state index is 12.3. The number of carbonyl (C=O) groups excluding carboxylic acids is 1. The van der Waals surface area contributed by atoms with Crippen LogP contribution in [0.1, 0.15) is 11.1 Å². The summed E-state index contributed by atoms with van der Waals surface area (Å²) >= 11 is 0. The first-order valence-electron chi connectivity index (χ1n) is 7.70. The Morgan fingerprint density at radius 2 is 1.85 bits per heavy atom. The van der Waals surface area contributed by atoms with Gasteiger partial charge in [0.2, 0.25) is 10.0 Å². The van der Waals surface area contributed by atoms with Crippen LogP contribution in [0.2, 0.25) is 0 Å². The van der Waals surface area contributed by atoms with Gasteiger partial charge in [0.25, 0.3) is 5.91 Å². The summed E-state index contributed by atoms with van der Waals surface area (Å²) < 4.78 is 31.1. The third-order valence-corrected chi connectivity index (χ3v) is 5.54. The van der Waals surface area contributed by atoms with Gasteiger partial charge in [-0.25, -0.2) is 12.7 Å². The summed E-state index contributed by atoms with van der Waals surface area (Å²) in [6, 6.07) is 13.0. The fourth-order valence-electron chi connectivity index (χ4n) is 2.12. The third kappa shape index (κ3) is 4.59. The molecule has 0 fully saturated rings. The first-order chi connectivity index (χ1) is 12.2. The highest BCUT2D eigenvalue weighted by Crippen LogP contribution is 2.22. The Balaban J connectivity index is 2.06. The molecule has 2 aromatic rings. The molecule has 0 saturated heterocycles. The minimum Gasteiger partial charge on any atom is -0.484 e. The summed E-state index contributed by atoms with van der Waals surface area (Å²) in [6.45, 7) is 1.45. The number of sulfonamides is 1. The lowest BCUT2D eigenvalue weighted by molar-refractivity contribution is -0.118. The SMILES string of the molecule is Cc1ccc(NC(=O)COc2ccc(C#N)cc2)cc1S(=O)(=O)N(C)C. The number of ether oxygens (including phenoxy) is 1. The van der Waals surface area contributed by atoms with Crippen molar-refractivity contribution in [2.45, 2.75) is 11.8 Å². The van der Waals surface area contributed by atoms with Crippen LogP contribution in [0, 0.1) is 18.3 Å². The van der Waals surface area contributed by atoms with Crippen LogP contribution in [0.25, 0.3) is 0 Å². The Morgan fingerprint density at radius 1 is 1.19 bits per heavy atom. The molecule has 0 aliphatic carbocycles. The van der Waals surface area contributed by atoms with Gasteiger partial charge in [0, 0.05) is 19.8 Å². The number of nitrogens with zero attached hydrogens (tertiary/aromatic N) is 2. The van der Waals surface area contributed by atoms with E-state index in [2.05, 4.69) is 5.32 Å². The van der Waals surface area contributed by atoms with Gasteiger partial charge in [-0.2, -0.15) is 5.26 Å². The average Bonchev–Trinajstić information content (AvgIpc) is 2.61. The van der Waals surface area contributed by atoms with E-state index in [0.717, 1.165) is 4.31 Å². The first-order valence-corrected chi connectivity index (χ1v) is 9.14. The van der Waals surface area contributed by atoms with E-state index < -0.39 is 15.9 Å². The van der Waals surface area contributed by atoms with Crippen molar-refractivity contribution in [1.29, 1.82) is 5.26 Å². The lowest BCUT2D eigenvalue weighted by Gasteiger charge is -2.15. The van der Waals surface area contributed by atoms with Gasteiger partial charge in [0.15, 0.2) is 6.61 Å². The van der Waals surface area contributed by atoms with Crippen molar-refractivity contribution in [1.82, 2.24) is 4.31 Å². The Labute approximate surface area is 152 Å². The van der Waals surface area contributed by atoms with Crippen LogP contribution in [0.15, 0.2) is 47.4 Å². The summed E-state index contributed by atoms with van der Waals surface area (Å²) in [5.74, 6) is 0.0327. The van der Waals surface area contributed by atoms with Gasteiger partial charge in [-0.15, -0.1) is 0 Å². The molecule has 0 aromatic heterocycles. The van der Waals surface area contributed by atoms with Crippen molar-refractivity contribution < 1.29 is 17.9 Å². The number of carbonyl (C=O) groups is 1. The van der Waals surface area contributed by atoms with Crippen LogP contribution < -0.4 is 10.1 Å². The fourth-order valence-corrected chi connectivity index (χ4v) is 3.27. The van der Waals surface area contributed by atoms with Crippen LogP contribution in [0.3, 0.4) is 0 Å². The molecule has 1 amide bonds. The molecular weight excluding hydrogens is 354 g/mol. The van der Waals surface area contributed by atoms with E-state index in [-0.39, 0.29) is 11.5 Å². The summed E-state index contributed by atoms with van der Waals surface area (Å²) in [6.07, 6.45) is 0. The van der Waals surface area contributed by atoms with E-state index in [1.54, 1.807) is 43.3 Å². The van der Waals surface area contributed by atoms with Gasteiger partial charge in [0.1, 0.15) is 5.75 Å². The summed E-state index contributed by atoms with van der Waals surface area (Å²) in [5.41, 5.74) is 1.45. The molecule has 0 unspecified atom stereocenters. The van der Waals surface area contributed by atoms with Crippen LogP contribution in [0.5, 0.6) is 5.75 Å². The van der Waals surface area contributed by atoms with E-state index in [4.69, 9.17) is 10.00 Å². The number of hydrogen-bond donors (Lipinski definition) is 1. The minimum absolute atomic E-state index is 0.133. The average molecular weight is 373 g/mol. The molecule has 0 aliphatic rings. The van der Waals surface area contributed by atoms with Gasteiger partial charge in [-0.3, -0.25) is 4.79 Å². The maximum atomic E-state index is 12.3. The quantitative estimate of drug-likeness (QED) is 0.836. The van der Waals surface area contributed by atoms with Crippen molar-refractivity contribution in [2.24, 2.45) is 0 Å². The molecule has 0 radical (unpaired) electrons. The number of amides is 1. The second kappa shape index (κ2) is 7.99. The molecule has 136 valence electrons. The van der Waals surface area contributed by atoms with Gasteiger partial charge in [0.05, 0.1) is 16.5 Å². The molecule has 8 heteroatoms. The molecule has 0 bridgehead atoms. The third-order valence-electron chi connectivity index (χ3n) is 3.58. The van der Waals surface area contributed by atoms with Crippen molar-refractivity contribution >= 4 is 21.6 Å². The van der Waals surface area contributed by atoms with E-state index >= 15 is 0 Å². The number of nitriles is 1. The highest BCUT2D eigenvalue weighted by atomic mass is 32.2. The van der Waals surface area contributed by atoms with Crippen LogP contribution in [-0.4, -0.2) is 39.3 Å². The Morgan fingerprint density at radius 3 is 2.42 bits per heavy atom. The zero-order chi connectivity index (χ0) is 19.3. The number of nitrogens with one attached hydrogen (secondary N) is 1. The molecule has 0 saturated carbocycles. The smallest absolute Gasteiger partial charge is 0.262 e. The highest BCUT2D eigenvalue weighted by molar-refractivity contribution is 7.89. The number of hydrogen-bond acceptors (Lipinski definition) is 5. The number of benzene rings is 2. The normalized spacial score (nSPS) is 11.0. The molecule has 2 rings (SSSR count). The lowest BCUT2D eigenvalue weighted by atomic mass is 10.2. The van der Waals surface area contributed by atoms with E-state index in [0.29, 0.717) is 22.6 Å². The molecule has 1 N–H and O–H groups in total. The van der Waals surface area contributed by atoms with Gasteiger partial charge in [-0.1, -0.05) is 6.07 Å². The predicted octanol–water partition coefficient (Wildman–Crippen LogP) is 2.13. The van der Waals surface area contributed by atoms with Crippen LogP contribution in [-0.2, 0) is 14.8 Å². The monoisotopic (exact) mass is 373 g/mol. The van der Waals surface area contributed by atoms with Crippen molar-refractivity contribution in [3.63, 3.8) is 0 Å². The van der Waals surface area contributed by atoms with Crippen molar-refractivity contribution in [2.75, 3.05) is 26.0 Å². The zero-order valence-electron chi connectivity index (χ0n) is 14.7. The standard InChI is InChI=1S/C18H19N3O4S/c1-13-4-7-15(10-17(13)26(23,24)21(2)3)20-18(22)12-25-16-8-5-14(11-19)6-9-16/h4-10H,12H2,1-3H3,(H,20,22). The van der Waals surface area contributed by atoms with Gasteiger partial charge < -0.3 is 10.1 Å². The molecule has 0 aliphatic heterocycles. The number of aryl methyl sites for hydroxylation is 1. The lowest BCUT2D eigenvalue weighted by Crippen LogP contribution is -2.24. The summed E-state index contributed by atoms with van der Waals surface area (Å²) in [4.78, 5) is 12.2. The van der Waals surface area contributed by atoms with Crippen LogP contribution >= 0.6 is 0 Å². The second-order valence-electron chi connectivity index (χ2n) is 5.74. The topological polar surface area (TPSA) is 99.5 Å². The molecule has 26 heavy (non-hydrogen) atoms. The van der Waals surface area contributed by atoms with Crippen LogP contribution in [0.4, 0.5) is 5.69 Å². The molecular formula is C18H19N3O4S. The van der Waals surface area contributed by atoms with E-state index in [9.17, 15) is 13.2 Å². The molecule has 0 atom stereocenters. The maximum Gasteiger partial charge on any atom is 0.262 e. The predicted molar refractivity (Wildman–Crippen MR) is 97.3 cm³/mol. The second-order valence-corrected chi connectivity index (χ2v) is 7.86. The van der Waals surface area contributed by atoms with Crippen molar-refractivity contribution in [3.05, 3.63) is 53.6 Å². The Bertz CT molecular complexity index is 945. The first kappa shape index (κ1) is 19.4. The van der Waals surface area contributed by atoms with E-state index in [1.807, 2.05) is 6.07 Å². The molecule has 2 aromatic carbocycles. The largest absolute Gasteiger partial charge is 0.484 e. The highest BCUT2D eigenvalue weighted by Gasteiger charge is 2.20. The Kier molecular flexibility index (Phi) is 5.97. The molecule has 7 nitrogen and oxygen atoms in total. The van der Waals surface area contributed by atoms with Gasteiger partial charge >= 0.3 is 0 Å². The van der Waals surface area contributed by atoms with Gasteiger partial charge in [-0.05, 0) is 48.9 Å². The molecule has 0 spiro atoms. The minimum atomic E-state index is -3.60. The number of rotatable bonds is 6. The fraction of sp³-hybridized carbons (Fsp3) is 0.222. The van der Waals surface area contributed by atoms with E-state index in [1.165, 1.54) is 20.2 Å². The zero-order valence-corrected chi connectivity index (χ0v) is 15.5. The van der Waals surface area contributed by atoms with Crippen molar-refractivity contribution in [3.8, 4) is 11.8 Å². The molecule has 0 heterocycles. The summed E-state index contributed by atoms with van der Waals surface area (Å²) in [5, 5.41) is 11.4.